The maximum Gasteiger partial charge on any atom is 0.268 e. The molecule has 5 rings (SSSR count). The van der Waals surface area contributed by atoms with E-state index >= 15 is 0 Å². The summed E-state index contributed by atoms with van der Waals surface area (Å²) in [5.41, 5.74) is 3.71. The number of benzene rings is 3. The number of thioether (sulfide) groups is 1. The first-order chi connectivity index (χ1) is 16.7. The molecule has 0 aliphatic heterocycles. The molecule has 0 aliphatic carbocycles. The lowest BCUT2D eigenvalue weighted by atomic mass is 10.1. The standard InChI is InChI=1S/C27H22N2O3S2/c1-31-21-12-8-18(9-13-21)16-34-27-28-25-24(26(30)29(27)20-6-4-3-5-7-20)23(17-33-25)19-10-14-22(32-2)15-11-19/h3-15,17H,16H2,1-2H3. The van der Waals surface area contributed by atoms with Crippen molar-refractivity contribution < 1.29 is 9.47 Å². The summed E-state index contributed by atoms with van der Waals surface area (Å²) in [6.45, 7) is 0. The third-order valence-electron chi connectivity index (χ3n) is 5.52. The molecule has 0 radical (unpaired) electrons. The van der Waals surface area contributed by atoms with E-state index < -0.39 is 0 Å². The highest BCUT2D eigenvalue weighted by Crippen LogP contribution is 2.34. The van der Waals surface area contributed by atoms with Crippen molar-refractivity contribution in [2.75, 3.05) is 14.2 Å². The minimum atomic E-state index is -0.0690. The summed E-state index contributed by atoms with van der Waals surface area (Å²) in [4.78, 5) is 19.6. The SMILES string of the molecule is COc1ccc(CSc2nc3scc(-c4ccc(OC)cc4)c3c(=O)n2-c2ccccc2)cc1. The van der Waals surface area contributed by atoms with Crippen LogP contribution in [0.4, 0.5) is 0 Å². The second-order valence-corrected chi connectivity index (χ2v) is 9.37. The van der Waals surface area contributed by atoms with Crippen LogP contribution in [-0.4, -0.2) is 23.8 Å². The number of hydrogen-bond donors (Lipinski definition) is 0. The number of para-hydroxylation sites is 1. The monoisotopic (exact) mass is 486 g/mol. The third kappa shape index (κ3) is 4.32. The van der Waals surface area contributed by atoms with Crippen LogP contribution in [0.5, 0.6) is 11.5 Å². The number of ether oxygens (including phenoxy) is 2. The van der Waals surface area contributed by atoms with Crippen molar-refractivity contribution in [3.05, 3.63) is 100 Å². The molecule has 0 fully saturated rings. The Morgan fingerprint density at radius 3 is 2.18 bits per heavy atom. The van der Waals surface area contributed by atoms with Crippen LogP contribution in [0.3, 0.4) is 0 Å². The van der Waals surface area contributed by atoms with Crippen molar-refractivity contribution >= 4 is 33.3 Å². The maximum atomic E-state index is 13.9. The average molecular weight is 487 g/mol. The molecule has 0 aliphatic rings. The Morgan fingerprint density at radius 2 is 1.53 bits per heavy atom. The van der Waals surface area contributed by atoms with Gasteiger partial charge in [0.05, 0.1) is 25.3 Å². The van der Waals surface area contributed by atoms with Gasteiger partial charge in [-0.3, -0.25) is 9.36 Å². The molecule has 0 saturated carbocycles. The van der Waals surface area contributed by atoms with Gasteiger partial charge >= 0.3 is 0 Å². The largest absolute Gasteiger partial charge is 0.497 e. The minimum absolute atomic E-state index is 0.0690. The Bertz CT molecular complexity index is 1480. The zero-order chi connectivity index (χ0) is 23.5. The molecule has 2 heterocycles. The van der Waals surface area contributed by atoms with Gasteiger partial charge in [0.2, 0.25) is 0 Å². The minimum Gasteiger partial charge on any atom is -0.497 e. The zero-order valence-corrected chi connectivity index (χ0v) is 20.4. The van der Waals surface area contributed by atoms with Crippen molar-refractivity contribution in [1.82, 2.24) is 9.55 Å². The number of hydrogen-bond acceptors (Lipinski definition) is 6. The molecular formula is C27H22N2O3S2. The van der Waals surface area contributed by atoms with Crippen molar-refractivity contribution in [3.63, 3.8) is 0 Å². The highest BCUT2D eigenvalue weighted by molar-refractivity contribution is 7.98. The highest BCUT2D eigenvalue weighted by atomic mass is 32.2. The number of methoxy groups -OCH3 is 2. The second-order valence-electron chi connectivity index (χ2n) is 7.57. The van der Waals surface area contributed by atoms with E-state index in [1.807, 2.05) is 84.2 Å². The van der Waals surface area contributed by atoms with Crippen LogP contribution in [0, 0.1) is 0 Å². The van der Waals surface area contributed by atoms with Gasteiger partial charge in [0.1, 0.15) is 16.3 Å². The molecule has 0 N–H and O–H groups in total. The van der Waals surface area contributed by atoms with Crippen molar-refractivity contribution in [2.45, 2.75) is 10.9 Å². The first kappa shape index (κ1) is 22.3. The van der Waals surface area contributed by atoms with Crippen LogP contribution in [-0.2, 0) is 5.75 Å². The maximum absolute atomic E-state index is 13.9. The molecule has 34 heavy (non-hydrogen) atoms. The normalized spacial score (nSPS) is 11.0. The van der Waals surface area contributed by atoms with Crippen LogP contribution in [0.1, 0.15) is 5.56 Å². The van der Waals surface area contributed by atoms with E-state index in [-0.39, 0.29) is 5.56 Å². The van der Waals surface area contributed by atoms with Crippen LogP contribution < -0.4 is 15.0 Å². The van der Waals surface area contributed by atoms with Crippen molar-refractivity contribution in [1.29, 1.82) is 0 Å². The highest BCUT2D eigenvalue weighted by Gasteiger charge is 2.18. The summed E-state index contributed by atoms with van der Waals surface area (Å²) < 4.78 is 12.3. The van der Waals surface area contributed by atoms with Gasteiger partial charge in [-0.05, 0) is 47.5 Å². The summed E-state index contributed by atoms with van der Waals surface area (Å²) in [7, 11) is 3.30. The molecular weight excluding hydrogens is 464 g/mol. The summed E-state index contributed by atoms with van der Waals surface area (Å²) in [5.74, 6) is 2.28. The molecule has 7 heteroatoms. The molecule has 5 aromatic rings. The van der Waals surface area contributed by atoms with E-state index in [0.717, 1.165) is 38.7 Å². The van der Waals surface area contributed by atoms with Crippen molar-refractivity contribution in [2.24, 2.45) is 0 Å². The molecule has 3 aromatic carbocycles. The van der Waals surface area contributed by atoms with Crippen LogP contribution >= 0.6 is 23.1 Å². The van der Waals surface area contributed by atoms with Gasteiger partial charge in [0.15, 0.2) is 5.16 Å². The molecule has 170 valence electrons. The number of fused-ring (bicyclic) bond motifs is 1. The van der Waals surface area contributed by atoms with E-state index in [4.69, 9.17) is 14.5 Å². The Labute approximate surface area is 205 Å². The first-order valence-corrected chi connectivity index (χ1v) is 12.5. The predicted molar refractivity (Wildman–Crippen MR) is 140 cm³/mol. The van der Waals surface area contributed by atoms with Gasteiger partial charge in [-0.15, -0.1) is 11.3 Å². The molecule has 0 spiro atoms. The lowest BCUT2D eigenvalue weighted by Crippen LogP contribution is -2.21. The number of thiophene rings is 1. The molecule has 5 nitrogen and oxygen atoms in total. The quantitative estimate of drug-likeness (QED) is 0.196. The first-order valence-electron chi connectivity index (χ1n) is 10.7. The topological polar surface area (TPSA) is 53.4 Å². The molecule has 0 unspecified atom stereocenters. The average Bonchev–Trinajstić information content (AvgIpc) is 3.33. The fourth-order valence-corrected chi connectivity index (χ4v) is 5.68. The molecule has 0 saturated heterocycles. The van der Waals surface area contributed by atoms with E-state index in [9.17, 15) is 4.79 Å². The van der Waals surface area contributed by atoms with E-state index in [1.165, 1.54) is 11.3 Å². The fourth-order valence-electron chi connectivity index (χ4n) is 3.73. The smallest absolute Gasteiger partial charge is 0.268 e. The van der Waals surface area contributed by atoms with Crippen LogP contribution in [0.15, 0.2) is 94.2 Å². The van der Waals surface area contributed by atoms with Gasteiger partial charge in [-0.25, -0.2) is 4.98 Å². The number of aromatic nitrogens is 2. The Hall–Kier alpha value is -3.55. The summed E-state index contributed by atoms with van der Waals surface area (Å²) in [6, 6.07) is 25.4. The summed E-state index contributed by atoms with van der Waals surface area (Å²) >= 11 is 3.04. The molecule has 0 amide bonds. The Balaban J connectivity index is 1.61. The molecule has 0 atom stereocenters. The summed E-state index contributed by atoms with van der Waals surface area (Å²) in [5, 5.41) is 3.31. The zero-order valence-electron chi connectivity index (χ0n) is 18.7. The van der Waals surface area contributed by atoms with Crippen molar-refractivity contribution in [3.8, 4) is 28.3 Å². The van der Waals surface area contributed by atoms with Crippen LogP contribution in [0.25, 0.3) is 27.0 Å². The van der Waals surface area contributed by atoms with Gasteiger partial charge in [0, 0.05) is 16.7 Å². The third-order valence-corrected chi connectivity index (χ3v) is 7.40. The lowest BCUT2D eigenvalue weighted by Gasteiger charge is -2.13. The van der Waals surface area contributed by atoms with Gasteiger partial charge < -0.3 is 9.47 Å². The fraction of sp³-hybridized carbons (Fsp3) is 0.111. The summed E-state index contributed by atoms with van der Waals surface area (Å²) in [6.07, 6.45) is 0. The number of nitrogens with zero attached hydrogens (tertiary/aromatic N) is 2. The van der Waals surface area contributed by atoms with Gasteiger partial charge in [-0.1, -0.05) is 54.2 Å². The number of rotatable bonds is 7. The second kappa shape index (κ2) is 9.75. The van der Waals surface area contributed by atoms with Gasteiger partial charge in [-0.2, -0.15) is 0 Å². The predicted octanol–water partition coefficient (Wildman–Crippen LogP) is 6.42. The van der Waals surface area contributed by atoms with Gasteiger partial charge in [0.25, 0.3) is 5.56 Å². The molecule has 0 bridgehead atoms. The Kier molecular flexibility index (Phi) is 6.38. The van der Waals surface area contributed by atoms with E-state index in [1.54, 1.807) is 30.5 Å². The van der Waals surface area contributed by atoms with Crippen LogP contribution in [0.2, 0.25) is 0 Å². The lowest BCUT2D eigenvalue weighted by molar-refractivity contribution is 0.414. The molecule has 2 aromatic heterocycles. The van der Waals surface area contributed by atoms with E-state index in [0.29, 0.717) is 16.3 Å². The Morgan fingerprint density at radius 1 is 0.882 bits per heavy atom. The van der Waals surface area contributed by atoms with E-state index in [2.05, 4.69) is 0 Å².